The largest absolute Gasteiger partial charge is 0.472 e. The van der Waals surface area contributed by atoms with Crippen LogP contribution < -0.4 is 5.32 Å². The van der Waals surface area contributed by atoms with Crippen LogP contribution in [0.4, 0.5) is 0 Å². The van der Waals surface area contributed by atoms with E-state index in [4.69, 9.17) is 13.8 Å². The SMILES string of the molecule is CC/C=C\C/C=C\C/C=C\C/C=C\C/C=C\C/C=C\CCCCC(=O)NC(COP(=O)(O)OCC[N+](C)(C)C)C(/C=C/CCCCCCCCCCCCC)OC(=O)CCCC/C=C\C/C=C\C/C=C\C/C=C\C/C=C\C/C=C\CC. The van der Waals surface area contributed by atoms with E-state index in [-0.39, 0.29) is 37.9 Å². The number of ether oxygens (including phenoxy) is 1. The zero-order valence-corrected chi connectivity index (χ0v) is 53.1. The molecule has 0 saturated carbocycles. The van der Waals surface area contributed by atoms with Crippen LogP contribution >= 0.6 is 7.82 Å². The Morgan fingerprint density at radius 3 is 1.19 bits per heavy atom. The molecule has 10 heteroatoms. The van der Waals surface area contributed by atoms with Crippen LogP contribution in [-0.2, 0) is 27.9 Å². The van der Waals surface area contributed by atoms with Gasteiger partial charge in [0, 0.05) is 12.8 Å². The molecule has 81 heavy (non-hydrogen) atoms. The van der Waals surface area contributed by atoms with Crippen LogP contribution in [0.3, 0.4) is 0 Å². The summed E-state index contributed by atoms with van der Waals surface area (Å²) in [7, 11) is 1.42. The Hall–Kier alpha value is -4.37. The molecule has 0 aromatic carbocycles. The van der Waals surface area contributed by atoms with Crippen LogP contribution in [0.25, 0.3) is 0 Å². The molecule has 458 valence electrons. The van der Waals surface area contributed by atoms with Crippen molar-refractivity contribution >= 4 is 19.7 Å². The van der Waals surface area contributed by atoms with Crippen LogP contribution in [0, 0.1) is 0 Å². The van der Waals surface area contributed by atoms with Crippen molar-refractivity contribution in [3.8, 4) is 0 Å². The molecule has 0 saturated heterocycles. The molecule has 0 bridgehead atoms. The minimum Gasteiger partial charge on any atom is -0.456 e. The van der Waals surface area contributed by atoms with Crippen molar-refractivity contribution in [2.24, 2.45) is 0 Å². The van der Waals surface area contributed by atoms with E-state index in [1.807, 2.05) is 33.3 Å². The molecule has 3 atom stereocenters. The van der Waals surface area contributed by atoms with Gasteiger partial charge < -0.3 is 19.4 Å². The average Bonchev–Trinajstić information content (AvgIpc) is 3.44. The van der Waals surface area contributed by atoms with Gasteiger partial charge in [0.25, 0.3) is 0 Å². The van der Waals surface area contributed by atoms with Gasteiger partial charge in [0.2, 0.25) is 5.91 Å². The molecular weight excluding hydrogens is 1020 g/mol. The summed E-state index contributed by atoms with van der Waals surface area (Å²) in [5, 5.41) is 3.02. The van der Waals surface area contributed by atoms with E-state index in [1.165, 1.54) is 57.8 Å². The van der Waals surface area contributed by atoms with Crippen molar-refractivity contribution in [3.05, 3.63) is 158 Å². The molecular formula is C71H118N2O7P+. The van der Waals surface area contributed by atoms with Gasteiger partial charge in [-0.3, -0.25) is 18.6 Å². The molecule has 0 aromatic heterocycles. The monoisotopic (exact) mass is 1140 g/mol. The number of hydrogen-bond donors (Lipinski definition) is 2. The Kier molecular flexibility index (Phi) is 55.6. The van der Waals surface area contributed by atoms with Gasteiger partial charge in [0.05, 0.1) is 33.8 Å². The summed E-state index contributed by atoms with van der Waals surface area (Å²) in [6.45, 7) is 6.70. The van der Waals surface area contributed by atoms with Crippen LogP contribution in [0.2, 0.25) is 0 Å². The molecule has 2 N–H and O–H groups in total. The maximum Gasteiger partial charge on any atom is 0.472 e. The van der Waals surface area contributed by atoms with E-state index in [0.717, 1.165) is 122 Å². The van der Waals surface area contributed by atoms with Crippen LogP contribution in [-0.4, -0.2) is 74.3 Å². The van der Waals surface area contributed by atoms with Gasteiger partial charge in [0.1, 0.15) is 19.3 Å². The number of phosphoric acid groups is 1. The lowest BCUT2D eigenvalue weighted by molar-refractivity contribution is -0.870. The first kappa shape index (κ1) is 76.6. The van der Waals surface area contributed by atoms with Gasteiger partial charge in [-0.1, -0.05) is 237 Å². The smallest absolute Gasteiger partial charge is 0.456 e. The third kappa shape index (κ3) is 60.1. The highest BCUT2D eigenvalue weighted by molar-refractivity contribution is 7.47. The number of carbonyl (C=O) groups excluding carboxylic acids is 2. The lowest BCUT2D eigenvalue weighted by atomic mass is 10.0. The second-order valence-electron chi connectivity index (χ2n) is 21.8. The molecule has 0 radical (unpaired) electrons. The molecule has 9 nitrogen and oxygen atoms in total. The highest BCUT2D eigenvalue weighted by Gasteiger charge is 2.30. The summed E-state index contributed by atoms with van der Waals surface area (Å²) in [5.41, 5.74) is 0. The first-order valence-corrected chi connectivity index (χ1v) is 33.3. The van der Waals surface area contributed by atoms with Crippen LogP contribution in [0.1, 0.15) is 226 Å². The molecule has 0 rings (SSSR count). The van der Waals surface area contributed by atoms with Crippen molar-refractivity contribution in [1.29, 1.82) is 0 Å². The molecule has 0 aliphatic carbocycles. The summed E-state index contributed by atoms with van der Waals surface area (Å²) < 4.78 is 30.7. The summed E-state index contributed by atoms with van der Waals surface area (Å²) in [6, 6.07) is -0.903. The second kappa shape index (κ2) is 58.8. The Morgan fingerprint density at radius 2 is 0.790 bits per heavy atom. The van der Waals surface area contributed by atoms with Gasteiger partial charge in [0.15, 0.2) is 0 Å². The maximum atomic E-state index is 13.6. The third-order valence-electron chi connectivity index (χ3n) is 13.0. The number of likely N-dealkylation sites (N-methyl/N-ethyl adjacent to an activating group) is 1. The predicted octanol–water partition coefficient (Wildman–Crippen LogP) is 20.0. The highest BCUT2D eigenvalue weighted by Crippen LogP contribution is 2.43. The number of esters is 1. The van der Waals surface area contributed by atoms with Gasteiger partial charge in [-0.2, -0.15) is 0 Å². The number of hydrogen-bond acceptors (Lipinski definition) is 6. The summed E-state index contributed by atoms with van der Waals surface area (Å²) in [6.07, 6.45) is 86.8. The predicted molar refractivity (Wildman–Crippen MR) is 350 cm³/mol. The van der Waals surface area contributed by atoms with Crippen molar-refractivity contribution < 1.29 is 37.3 Å². The number of unbranched alkanes of at least 4 members (excludes halogenated alkanes) is 15. The molecule has 0 aliphatic rings. The van der Waals surface area contributed by atoms with E-state index in [0.29, 0.717) is 23.9 Å². The Bertz CT molecular complexity index is 1940. The summed E-state index contributed by atoms with van der Waals surface area (Å²) >= 11 is 0. The number of amides is 1. The van der Waals surface area contributed by atoms with Crippen LogP contribution in [0.15, 0.2) is 158 Å². The standard InChI is InChI=1S/C71H117N2O7P/c1-7-10-13-16-19-22-25-28-30-32-34-36-38-40-42-45-48-51-54-57-60-63-70(74)72-68(67-79-81(76,77)78-66-65-73(4,5)6)69(62-59-56-53-50-47-44-27-24-21-18-15-12-9-3)80-71(75)64-61-58-55-52-49-46-43-41-39-37-35-33-31-29-26-23-20-17-14-11-8-2/h10-11,13-14,19-20,22-23,28-31,34-37,40-43,48-49,51-52,59,62,68-69H,7-9,12,15-18,21,24-27,32-33,38-39,44-47,50,53-58,60-61,63-67H2,1-6H3,(H-,72,74,76,77)/p+1/b13-10-,14-11-,22-19-,23-20-,30-28-,31-29-,36-34-,37-35-,42-40-,43-41-,51-48-,52-49-,62-59+. The number of rotatable bonds is 55. The van der Waals surface area contributed by atoms with Crippen molar-refractivity contribution in [3.63, 3.8) is 0 Å². The molecule has 0 spiro atoms. The number of phosphoric ester groups is 1. The molecule has 0 aromatic rings. The minimum absolute atomic E-state index is 0.0148. The minimum atomic E-state index is -4.49. The van der Waals surface area contributed by atoms with Crippen molar-refractivity contribution in [2.45, 2.75) is 238 Å². The van der Waals surface area contributed by atoms with Gasteiger partial charge in [-0.25, -0.2) is 4.57 Å². The summed E-state index contributed by atoms with van der Waals surface area (Å²) in [4.78, 5) is 37.8. The Labute approximate surface area is 497 Å². The fraction of sp³-hybridized carbons (Fsp3) is 0.606. The van der Waals surface area contributed by atoms with Gasteiger partial charge in [-0.05, 0) is 134 Å². The maximum absolute atomic E-state index is 13.6. The van der Waals surface area contributed by atoms with Crippen LogP contribution in [0.5, 0.6) is 0 Å². The lowest BCUT2D eigenvalue weighted by Gasteiger charge is -2.27. The normalized spacial score (nSPS) is 14.7. The first-order chi connectivity index (χ1) is 39.4. The van der Waals surface area contributed by atoms with E-state index < -0.39 is 20.0 Å². The first-order valence-electron chi connectivity index (χ1n) is 31.8. The molecule has 0 aliphatic heterocycles. The van der Waals surface area contributed by atoms with Crippen molar-refractivity contribution in [2.75, 3.05) is 40.9 Å². The number of carbonyl (C=O) groups is 2. The number of nitrogens with one attached hydrogen (secondary N) is 1. The Morgan fingerprint density at radius 1 is 0.444 bits per heavy atom. The fourth-order valence-corrected chi connectivity index (χ4v) is 8.86. The average molecular weight is 1140 g/mol. The second-order valence-corrected chi connectivity index (χ2v) is 23.3. The molecule has 0 fully saturated rings. The topological polar surface area (TPSA) is 111 Å². The third-order valence-corrected chi connectivity index (χ3v) is 13.9. The van der Waals surface area contributed by atoms with Gasteiger partial charge in [-0.15, -0.1) is 0 Å². The van der Waals surface area contributed by atoms with E-state index >= 15 is 0 Å². The fourth-order valence-electron chi connectivity index (χ4n) is 8.12. The zero-order chi connectivity index (χ0) is 59.3. The van der Waals surface area contributed by atoms with E-state index in [1.54, 1.807) is 0 Å². The molecule has 1 amide bonds. The highest BCUT2D eigenvalue weighted by atomic mass is 31.2. The lowest BCUT2D eigenvalue weighted by Crippen LogP contribution is -2.47. The Balaban J connectivity index is 5.45. The number of quaternary nitrogens is 1. The molecule has 3 unspecified atom stereocenters. The van der Waals surface area contributed by atoms with Crippen molar-refractivity contribution in [1.82, 2.24) is 5.32 Å². The zero-order valence-electron chi connectivity index (χ0n) is 52.2. The molecule has 0 heterocycles. The van der Waals surface area contributed by atoms with Gasteiger partial charge >= 0.3 is 13.8 Å². The number of nitrogens with zero attached hydrogens (tertiary/aromatic N) is 1. The number of allylic oxidation sites excluding steroid dienone is 25. The quantitative estimate of drug-likeness (QED) is 0.0205. The van der Waals surface area contributed by atoms with E-state index in [2.05, 4.69) is 172 Å². The summed E-state index contributed by atoms with van der Waals surface area (Å²) in [5.74, 6) is -0.620. The van der Waals surface area contributed by atoms with E-state index in [9.17, 15) is 19.0 Å².